The lowest BCUT2D eigenvalue weighted by Gasteiger charge is -2.14. The standard InChI is InChI=1S/C20H19N3O3S/c1-26-18(14-10-11-27-12-14)20(25)22-15-8-6-13(7-9-15)19(24)23-17-5-3-2-4-16(17)21/h2-12,18H,21H2,1H3,(H,22,25)(H,23,24). The second-order valence-corrected chi connectivity index (χ2v) is 6.56. The van der Waals surface area contributed by atoms with Gasteiger partial charge in [0.1, 0.15) is 0 Å². The normalized spacial score (nSPS) is 11.6. The summed E-state index contributed by atoms with van der Waals surface area (Å²) >= 11 is 1.50. The zero-order valence-corrected chi connectivity index (χ0v) is 15.5. The quantitative estimate of drug-likeness (QED) is 0.564. The molecule has 0 aliphatic carbocycles. The van der Waals surface area contributed by atoms with Gasteiger partial charge in [0.25, 0.3) is 11.8 Å². The molecule has 3 rings (SSSR count). The van der Waals surface area contributed by atoms with Gasteiger partial charge >= 0.3 is 0 Å². The largest absolute Gasteiger partial charge is 0.397 e. The molecule has 6 nitrogen and oxygen atoms in total. The Kier molecular flexibility index (Phi) is 5.85. The third kappa shape index (κ3) is 4.52. The summed E-state index contributed by atoms with van der Waals surface area (Å²) in [5.74, 6) is -0.552. The van der Waals surface area contributed by atoms with Crippen molar-refractivity contribution in [3.8, 4) is 0 Å². The number of ether oxygens (including phenoxy) is 1. The number of nitrogens with two attached hydrogens (primary N) is 1. The van der Waals surface area contributed by atoms with Crippen LogP contribution in [0.5, 0.6) is 0 Å². The third-order valence-corrected chi connectivity index (χ3v) is 4.64. The van der Waals surface area contributed by atoms with Gasteiger partial charge < -0.3 is 21.1 Å². The lowest BCUT2D eigenvalue weighted by molar-refractivity contribution is -0.126. The fraction of sp³-hybridized carbons (Fsp3) is 0.100. The zero-order chi connectivity index (χ0) is 19.2. The van der Waals surface area contributed by atoms with Crippen LogP contribution in [0.25, 0.3) is 0 Å². The molecular weight excluding hydrogens is 362 g/mol. The van der Waals surface area contributed by atoms with Crippen molar-refractivity contribution in [2.24, 2.45) is 0 Å². The van der Waals surface area contributed by atoms with E-state index in [2.05, 4.69) is 10.6 Å². The molecular formula is C20H19N3O3S. The number of carbonyl (C=O) groups is 2. The number of methoxy groups -OCH3 is 1. The molecule has 0 spiro atoms. The first-order valence-corrected chi connectivity index (χ1v) is 9.14. The van der Waals surface area contributed by atoms with Crippen molar-refractivity contribution in [1.29, 1.82) is 0 Å². The van der Waals surface area contributed by atoms with E-state index < -0.39 is 6.10 Å². The number of nitrogen functional groups attached to an aromatic ring is 1. The smallest absolute Gasteiger partial charge is 0.258 e. The number of carbonyl (C=O) groups excluding carboxylic acids is 2. The van der Waals surface area contributed by atoms with Crippen LogP contribution in [0.4, 0.5) is 17.1 Å². The lowest BCUT2D eigenvalue weighted by Crippen LogP contribution is -2.22. The van der Waals surface area contributed by atoms with Crippen molar-refractivity contribution in [2.75, 3.05) is 23.5 Å². The van der Waals surface area contributed by atoms with Crippen molar-refractivity contribution in [1.82, 2.24) is 0 Å². The highest BCUT2D eigenvalue weighted by molar-refractivity contribution is 7.08. The van der Waals surface area contributed by atoms with Crippen LogP contribution in [0.2, 0.25) is 0 Å². The van der Waals surface area contributed by atoms with E-state index in [1.165, 1.54) is 18.4 Å². The number of nitrogens with one attached hydrogen (secondary N) is 2. The van der Waals surface area contributed by atoms with Gasteiger partial charge in [-0.3, -0.25) is 9.59 Å². The minimum absolute atomic E-state index is 0.273. The Hall–Kier alpha value is -3.16. The predicted molar refractivity (Wildman–Crippen MR) is 108 cm³/mol. The molecule has 0 radical (unpaired) electrons. The van der Waals surface area contributed by atoms with Gasteiger partial charge in [0.2, 0.25) is 0 Å². The Morgan fingerprint density at radius 2 is 1.78 bits per heavy atom. The Morgan fingerprint density at radius 3 is 2.41 bits per heavy atom. The van der Waals surface area contributed by atoms with Crippen molar-refractivity contribution in [3.05, 3.63) is 76.5 Å². The molecule has 3 aromatic rings. The summed E-state index contributed by atoms with van der Waals surface area (Å²) in [6.45, 7) is 0. The molecule has 1 atom stereocenters. The van der Waals surface area contributed by atoms with Crippen LogP contribution in [0.1, 0.15) is 22.0 Å². The highest BCUT2D eigenvalue weighted by Gasteiger charge is 2.20. The van der Waals surface area contributed by atoms with E-state index in [1.807, 2.05) is 16.8 Å². The SMILES string of the molecule is COC(C(=O)Nc1ccc(C(=O)Nc2ccccc2N)cc1)c1ccsc1. The Bertz CT molecular complexity index is 924. The first-order valence-electron chi connectivity index (χ1n) is 8.20. The Labute approximate surface area is 161 Å². The number of thiophene rings is 1. The molecule has 7 heteroatoms. The molecule has 0 aliphatic heterocycles. The number of benzene rings is 2. The van der Waals surface area contributed by atoms with Crippen molar-refractivity contribution in [3.63, 3.8) is 0 Å². The fourth-order valence-electron chi connectivity index (χ4n) is 2.54. The lowest BCUT2D eigenvalue weighted by atomic mass is 10.1. The minimum atomic E-state index is -0.680. The molecule has 0 saturated carbocycles. The Morgan fingerprint density at radius 1 is 1.04 bits per heavy atom. The van der Waals surface area contributed by atoms with Crippen LogP contribution in [-0.2, 0) is 9.53 Å². The van der Waals surface area contributed by atoms with Gasteiger partial charge in [0, 0.05) is 23.9 Å². The topological polar surface area (TPSA) is 93.4 Å². The first kappa shape index (κ1) is 18.6. The average molecular weight is 381 g/mol. The van der Waals surface area contributed by atoms with Crippen LogP contribution in [-0.4, -0.2) is 18.9 Å². The molecule has 2 aromatic carbocycles. The summed E-state index contributed by atoms with van der Waals surface area (Å²) < 4.78 is 5.29. The van der Waals surface area contributed by atoms with E-state index in [1.54, 1.807) is 48.5 Å². The van der Waals surface area contributed by atoms with E-state index in [9.17, 15) is 9.59 Å². The molecule has 0 aliphatic rings. The van der Waals surface area contributed by atoms with Crippen molar-refractivity contribution < 1.29 is 14.3 Å². The highest BCUT2D eigenvalue weighted by Crippen LogP contribution is 2.22. The van der Waals surface area contributed by atoms with Gasteiger partial charge in [0.05, 0.1) is 11.4 Å². The highest BCUT2D eigenvalue weighted by atomic mass is 32.1. The van der Waals surface area contributed by atoms with Gasteiger partial charge in [-0.1, -0.05) is 12.1 Å². The van der Waals surface area contributed by atoms with E-state index in [-0.39, 0.29) is 11.8 Å². The van der Waals surface area contributed by atoms with E-state index >= 15 is 0 Å². The van der Waals surface area contributed by atoms with Gasteiger partial charge in [-0.05, 0) is 53.2 Å². The predicted octanol–water partition coefficient (Wildman–Crippen LogP) is 3.91. The number of rotatable bonds is 6. The second-order valence-electron chi connectivity index (χ2n) is 5.78. The maximum absolute atomic E-state index is 12.4. The van der Waals surface area contributed by atoms with Gasteiger partial charge in [-0.25, -0.2) is 0 Å². The maximum Gasteiger partial charge on any atom is 0.258 e. The van der Waals surface area contributed by atoms with E-state index in [0.29, 0.717) is 22.6 Å². The molecule has 0 saturated heterocycles. The van der Waals surface area contributed by atoms with Crippen LogP contribution in [0, 0.1) is 0 Å². The summed E-state index contributed by atoms with van der Waals surface area (Å²) in [6, 6.07) is 15.5. The number of amides is 2. The fourth-order valence-corrected chi connectivity index (χ4v) is 3.21. The second kappa shape index (κ2) is 8.48. The summed E-state index contributed by atoms with van der Waals surface area (Å²) in [5.41, 5.74) is 8.72. The Balaban J connectivity index is 1.65. The average Bonchev–Trinajstić information content (AvgIpc) is 3.19. The molecule has 0 fully saturated rings. The molecule has 27 heavy (non-hydrogen) atoms. The van der Waals surface area contributed by atoms with Gasteiger partial charge in [-0.2, -0.15) is 11.3 Å². The molecule has 4 N–H and O–H groups in total. The van der Waals surface area contributed by atoms with Crippen molar-refractivity contribution in [2.45, 2.75) is 6.10 Å². The first-order chi connectivity index (χ1) is 13.1. The number of para-hydroxylation sites is 2. The molecule has 2 amide bonds. The van der Waals surface area contributed by atoms with E-state index in [4.69, 9.17) is 10.5 Å². The third-order valence-electron chi connectivity index (χ3n) is 3.94. The van der Waals surface area contributed by atoms with Crippen LogP contribution in [0.15, 0.2) is 65.4 Å². The van der Waals surface area contributed by atoms with Gasteiger partial charge in [-0.15, -0.1) is 0 Å². The number of hydrogen-bond acceptors (Lipinski definition) is 5. The molecule has 1 unspecified atom stereocenters. The molecule has 0 bridgehead atoms. The monoisotopic (exact) mass is 381 g/mol. The zero-order valence-electron chi connectivity index (χ0n) is 14.6. The van der Waals surface area contributed by atoms with Gasteiger partial charge in [0.15, 0.2) is 6.10 Å². The molecule has 1 heterocycles. The minimum Gasteiger partial charge on any atom is -0.397 e. The summed E-state index contributed by atoms with van der Waals surface area (Å²) in [7, 11) is 1.49. The summed E-state index contributed by atoms with van der Waals surface area (Å²) in [4.78, 5) is 24.8. The number of anilines is 3. The molecule has 138 valence electrons. The van der Waals surface area contributed by atoms with Crippen molar-refractivity contribution >= 4 is 40.2 Å². The summed E-state index contributed by atoms with van der Waals surface area (Å²) in [5, 5.41) is 9.32. The summed E-state index contributed by atoms with van der Waals surface area (Å²) in [6.07, 6.45) is -0.680. The van der Waals surface area contributed by atoms with E-state index in [0.717, 1.165) is 5.56 Å². The van der Waals surface area contributed by atoms with Crippen LogP contribution >= 0.6 is 11.3 Å². The van der Waals surface area contributed by atoms with Crippen LogP contribution in [0.3, 0.4) is 0 Å². The van der Waals surface area contributed by atoms with Crippen LogP contribution < -0.4 is 16.4 Å². The number of hydrogen-bond donors (Lipinski definition) is 3. The maximum atomic E-state index is 12.4. The molecule has 1 aromatic heterocycles.